The van der Waals surface area contributed by atoms with Gasteiger partial charge in [0.15, 0.2) is 0 Å². The minimum Gasteiger partial charge on any atom is -0.481 e. The topological polar surface area (TPSA) is 84.2 Å². The van der Waals surface area contributed by atoms with Gasteiger partial charge in [0.05, 0.1) is 30.3 Å². The zero-order valence-electron chi connectivity index (χ0n) is 14.1. The second-order valence-corrected chi connectivity index (χ2v) is 6.34. The number of carboxylic acid groups (broad SMARTS) is 1. The third-order valence-corrected chi connectivity index (χ3v) is 4.58. The number of benzene rings is 1. The smallest absolute Gasteiger partial charge is 0.307 e. The van der Waals surface area contributed by atoms with Crippen molar-refractivity contribution in [3.63, 3.8) is 0 Å². The number of aliphatic carboxylic acids is 1. The van der Waals surface area contributed by atoms with Crippen LogP contribution in [0.15, 0.2) is 48.8 Å². The van der Waals surface area contributed by atoms with Gasteiger partial charge in [-0.15, -0.1) is 0 Å². The number of carbonyl (C=O) groups excluding carboxylic acids is 1. The first-order valence-electron chi connectivity index (χ1n) is 8.30. The summed E-state index contributed by atoms with van der Waals surface area (Å²) in [5.74, 6) is -2.43. The zero-order valence-corrected chi connectivity index (χ0v) is 14.1. The van der Waals surface area contributed by atoms with Crippen LogP contribution < -0.4 is 5.32 Å². The Balaban J connectivity index is 1.67. The molecule has 3 rings (SSSR count). The molecule has 0 saturated carbocycles. The molecule has 0 spiro atoms. The van der Waals surface area contributed by atoms with Gasteiger partial charge in [0, 0.05) is 6.20 Å². The highest BCUT2D eigenvalue weighted by molar-refractivity contribution is 5.95. The van der Waals surface area contributed by atoms with Crippen LogP contribution in [0.5, 0.6) is 0 Å². The van der Waals surface area contributed by atoms with E-state index in [4.69, 9.17) is 0 Å². The molecular formula is C19H21N3O3. The molecule has 0 unspecified atom stereocenters. The summed E-state index contributed by atoms with van der Waals surface area (Å²) in [6, 6.07) is 8.06. The lowest BCUT2D eigenvalue weighted by Gasteiger charge is -2.23. The number of rotatable bonds is 5. The van der Waals surface area contributed by atoms with Crippen LogP contribution >= 0.6 is 0 Å². The van der Waals surface area contributed by atoms with Gasteiger partial charge >= 0.3 is 5.97 Å². The third-order valence-electron chi connectivity index (χ3n) is 4.58. The van der Waals surface area contributed by atoms with Gasteiger partial charge in [-0.3, -0.25) is 14.3 Å². The molecule has 25 heavy (non-hydrogen) atoms. The molecule has 2 aromatic rings. The third kappa shape index (κ3) is 3.96. The molecular weight excluding hydrogens is 318 g/mol. The summed E-state index contributed by atoms with van der Waals surface area (Å²) in [6.45, 7) is 2.66. The minimum atomic E-state index is -0.931. The Hall–Kier alpha value is -2.89. The number of aryl methyl sites for hydroxylation is 1. The first-order valence-corrected chi connectivity index (χ1v) is 8.30. The Morgan fingerprint density at radius 3 is 2.68 bits per heavy atom. The summed E-state index contributed by atoms with van der Waals surface area (Å²) < 4.78 is 1.76. The van der Waals surface area contributed by atoms with Gasteiger partial charge in [-0.1, -0.05) is 36.4 Å². The van der Waals surface area contributed by atoms with E-state index in [0.717, 1.165) is 5.56 Å². The maximum atomic E-state index is 12.5. The number of nitrogens with one attached hydrogen (secondary N) is 1. The van der Waals surface area contributed by atoms with Crippen LogP contribution in [0.2, 0.25) is 0 Å². The summed E-state index contributed by atoms with van der Waals surface area (Å²) in [7, 11) is 0. The zero-order chi connectivity index (χ0) is 17.8. The van der Waals surface area contributed by atoms with E-state index in [9.17, 15) is 14.7 Å². The van der Waals surface area contributed by atoms with Crippen molar-refractivity contribution >= 4 is 17.6 Å². The van der Waals surface area contributed by atoms with E-state index in [-0.39, 0.29) is 5.91 Å². The van der Waals surface area contributed by atoms with E-state index >= 15 is 0 Å². The number of aromatic nitrogens is 2. The molecule has 1 aromatic heterocycles. The molecule has 1 amide bonds. The monoisotopic (exact) mass is 339 g/mol. The van der Waals surface area contributed by atoms with Gasteiger partial charge in [0.2, 0.25) is 5.91 Å². The van der Waals surface area contributed by atoms with Crippen molar-refractivity contribution < 1.29 is 14.7 Å². The molecule has 0 aliphatic heterocycles. The molecule has 1 aliphatic rings. The number of carbonyl (C=O) groups is 2. The van der Waals surface area contributed by atoms with Crippen molar-refractivity contribution in [3.05, 3.63) is 59.9 Å². The average molecular weight is 339 g/mol. The van der Waals surface area contributed by atoms with Crippen molar-refractivity contribution in [3.8, 4) is 0 Å². The Labute approximate surface area is 146 Å². The number of anilines is 1. The SMILES string of the molecule is Cc1ccccc1Cn1cc(NC(=O)[C@@H]2CC=CC[C@H]2C(=O)O)cn1. The van der Waals surface area contributed by atoms with Crippen LogP contribution in [0.1, 0.15) is 24.0 Å². The van der Waals surface area contributed by atoms with Crippen molar-refractivity contribution in [2.45, 2.75) is 26.3 Å². The highest BCUT2D eigenvalue weighted by Gasteiger charge is 2.34. The number of nitrogens with zero attached hydrogens (tertiary/aromatic N) is 2. The van der Waals surface area contributed by atoms with Crippen molar-refractivity contribution in [1.82, 2.24) is 9.78 Å². The molecule has 0 bridgehead atoms. The Bertz CT molecular complexity index is 810. The Kier molecular flexibility index (Phi) is 4.97. The van der Waals surface area contributed by atoms with E-state index in [1.165, 1.54) is 5.56 Å². The van der Waals surface area contributed by atoms with Crippen molar-refractivity contribution in [2.24, 2.45) is 11.8 Å². The molecule has 1 aromatic carbocycles. The van der Waals surface area contributed by atoms with Crippen LogP contribution in [0, 0.1) is 18.8 Å². The van der Waals surface area contributed by atoms with Crippen molar-refractivity contribution in [1.29, 1.82) is 0 Å². The highest BCUT2D eigenvalue weighted by Crippen LogP contribution is 2.27. The fourth-order valence-corrected chi connectivity index (χ4v) is 3.09. The Morgan fingerprint density at radius 1 is 1.24 bits per heavy atom. The maximum absolute atomic E-state index is 12.5. The van der Waals surface area contributed by atoms with Gasteiger partial charge in [0.25, 0.3) is 0 Å². The molecule has 2 N–H and O–H groups in total. The predicted molar refractivity (Wildman–Crippen MR) is 94.1 cm³/mol. The second-order valence-electron chi connectivity index (χ2n) is 6.34. The summed E-state index contributed by atoms with van der Waals surface area (Å²) >= 11 is 0. The summed E-state index contributed by atoms with van der Waals surface area (Å²) in [6.07, 6.45) is 7.87. The predicted octanol–water partition coefficient (Wildman–Crippen LogP) is 2.85. The molecule has 1 aliphatic carbocycles. The number of carboxylic acids is 1. The number of allylic oxidation sites excluding steroid dienone is 2. The van der Waals surface area contributed by atoms with Gasteiger partial charge in [-0.2, -0.15) is 5.10 Å². The number of hydrogen-bond acceptors (Lipinski definition) is 3. The molecule has 130 valence electrons. The largest absolute Gasteiger partial charge is 0.481 e. The van der Waals surface area contributed by atoms with E-state index in [1.807, 2.05) is 43.3 Å². The average Bonchev–Trinajstić information content (AvgIpc) is 3.04. The summed E-state index contributed by atoms with van der Waals surface area (Å²) in [5.41, 5.74) is 2.92. The lowest BCUT2D eigenvalue weighted by Crippen LogP contribution is -2.34. The van der Waals surface area contributed by atoms with Crippen LogP contribution in [-0.2, 0) is 16.1 Å². The lowest BCUT2D eigenvalue weighted by atomic mass is 9.82. The van der Waals surface area contributed by atoms with Gasteiger partial charge in [-0.05, 0) is 30.9 Å². The minimum absolute atomic E-state index is 0.271. The second kappa shape index (κ2) is 7.34. The standard InChI is InChI=1S/C19H21N3O3/c1-13-6-2-3-7-14(13)11-22-12-15(10-20-22)21-18(23)16-8-4-5-9-17(16)19(24)25/h2-7,10,12,16-17H,8-9,11H2,1H3,(H,21,23)(H,24,25)/t16-,17-/m1/s1. The van der Waals surface area contributed by atoms with Crippen LogP contribution in [0.25, 0.3) is 0 Å². The van der Waals surface area contributed by atoms with E-state index in [2.05, 4.69) is 10.4 Å². The maximum Gasteiger partial charge on any atom is 0.307 e. The summed E-state index contributed by atoms with van der Waals surface area (Å²) in [4.78, 5) is 23.8. The fourth-order valence-electron chi connectivity index (χ4n) is 3.09. The van der Waals surface area contributed by atoms with Gasteiger partial charge < -0.3 is 10.4 Å². The van der Waals surface area contributed by atoms with Gasteiger partial charge in [-0.25, -0.2) is 0 Å². The normalized spacial score (nSPS) is 19.6. The van der Waals surface area contributed by atoms with E-state index in [1.54, 1.807) is 17.1 Å². The Morgan fingerprint density at radius 2 is 1.96 bits per heavy atom. The van der Waals surface area contributed by atoms with Crippen LogP contribution in [0.3, 0.4) is 0 Å². The van der Waals surface area contributed by atoms with E-state index < -0.39 is 17.8 Å². The fraction of sp³-hybridized carbons (Fsp3) is 0.316. The van der Waals surface area contributed by atoms with Crippen LogP contribution in [0.4, 0.5) is 5.69 Å². The van der Waals surface area contributed by atoms with Crippen LogP contribution in [-0.4, -0.2) is 26.8 Å². The molecule has 0 saturated heterocycles. The number of hydrogen-bond donors (Lipinski definition) is 2. The highest BCUT2D eigenvalue weighted by atomic mass is 16.4. The van der Waals surface area contributed by atoms with E-state index in [0.29, 0.717) is 25.1 Å². The molecule has 6 heteroatoms. The first kappa shape index (κ1) is 17.0. The molecule has 6 nitrogen and oxygen atoms in total. The quantitative estimate of drug-likeness (QED) is 0.821. The van der Waals surface area contributed by atoms with Gasteiger partial charge in [0.1, 0.15) is 0 Å². The summed E-state index contributed by atoms with van der Waals surface area (Å²) in [5, 5.41) is 16.4. The molecule has 1 heterocycles. The molecule has 2 atom stereocenters. The lowest BCUT2D eigenvalue weighted by molar-refractivity contribution is -0.146. The number of amides is 1. The first-order chi connectivity index (χ1) is 12.0. The molecule has 0 radical (unpaired) electrons. The van der Waals surface area contributed by atoms with Crippen molar-refractivity contribution in [2.75, 3.05) is 5.32 Å². The molecule has 0 fully saturated rings.